The second kappa shape index (κ2) is 5.81. The van der Waals surface area contributed by atoms with Crippen LogP contribution in [0.2, 0.25) is 0 Å². The summed E-state index contributed by atoms with van der Waals surface area (Å²) in [5.41, 5.74) is 0.965. The molecule has 1 heterocycles. The fourth-order valence-electron chi connectivity index (χ4n) is 1.24. The van der Waals surface area contributed by atoms with Crippen molar-refractivity contribution in [1.82, 2.24) is 10.3 Å². The van der Waals surface area contributed by atoms with Gasteiger partial charge < -0.3 is 15.2 Å². The molecule has 0 saturated heterocycles. The Balaban J connectivity index is 2.68. The molecule has 0 saturated carbocycles. The number of thiazole rings is 1. The molecule has 1 amide bonds. The zero-order valence-electron chi connectivity index (χ0n) is 10.5. The summed E-state index contributed by atoms with van der Waals surface area (Å²) in [6.07, 6.45) is 0.694. The number of carbonyl (C=O) groups excluding carboxylic acids is 1. The van der Waals surface area contributed by atoms with Gasteiger partial charge in [0, 0.05) is 11.1 Å². The highest BCUT2D eigenvalue weighted by atomic mass is 32.1. The quantitative estimate of drug-likeness (QED) is 0.877. The lowest BCUT2D eigenvalue weighted by molar-refractivity contribution is -0.137. The molecule has 6 nitrogen and oxygen atoms in total. The molecule has 0 aliphatic carbocycles. The van der Waals surface area contributed by atoms with Crippen molar-refractivity contribution in [3.63, 3.8) is 0 Å². The number of hydrogen-bond acceptors (Lipinski definition) is 5. The van der Waals surface area contributed by atoms with Crippen molar-refractivity contribution in [3.8, 4) is 0 Å². The van der Waals surface area contributed by atoms with Gasteiger partial charge in [-0.15, -0.1) is 11.3 Å². The molecule has 0 aromatic carbocycles. The lowest BCUT2D eigenvalue weighted by Gasteiger charge is -2.22. The number of carboxylic acid groups (broad SMARTS) is 1. The van der Waals surface area contributed by atoms with Gasteiger partial charge in [0.05, 0.1) is 18.0 Å². The van der Waals surface area contributed by atoms with Crippen molar-refractivity contribution < 1.29 is 19.4 Å². The van der Waals surface area contributed by atoms with Crippen LogP contribution in [0.5, 0.6) is 0 Å². The SMILES string of the molecule is CC(C)(C)OC(=O)NC(CC(=O)O)c1cncs1. The number of nitrogens with one attached hydrogen (secondary N) is 1. The van der Waals surface area contributed by atoms with E-state index in [9.17, 15) is 9.59 Å². The highest BCUT2D eigenvalue weighted by molar-refractivity contribution is 7.09. The standard InChI is InChI=1S/C11H16N2O4S/c1-11(2,3)17-10(16)13-7(4-9(14)15)8-5-12-6-18-8/h5-7H,4H2,1-3H3,(H,13,16)(H,14,15). The fourth-order valence-corrected chi connectivity index (χ4v) is 1.92. The van der Waals surface area contributed by atoms with Gasteiger partial charge in [-0.2, -0.15) is 0 Å². The fraction of sp³-hybridized carbons (Fsp3) is 0.545. The van der Waals surface area contributed by atoms with Gasteiger partial charge in [0.1, 0.15) is 5.60 Å². The number of aromatic nitrogens is 1. The normalized spacial score (nSPS) is 12.8. The molecule has 100 valence electrons. The van der Waals surface area contributed by atoms with Crippen molar-refractivity contribution in [3.05, 3.63) is 16.6 Å². The molecule has 1 unspecified atom stereocenters. The third-order valence-electron chi connectivity index (χ3n) is 1.86. The van der Waals surface area contributed by atoms with Gasteiger partial charge in [0.25, 0.3) is 0 Å². The molecule has 1 aromatic rings. The molecule has 0 bridgehead atoms. The molecule has 0 aliphatic heterocycles. The molecule has 1 aromatic heterocycles. The topological polar surface area (TPSA) is 88.5 Å². The van der Waals surface area contributed by atoms with Crippen LogP contribution in [-0.2, 0) is 9.53 Å². The lowest BCUT2D eigenvalue weighted by Crippen LogP contribution is -2.35. The van der Waals surface area contributed by atoms with Gasteiger partial charge in [-0.25, -0.2) is 4.79 Å². The predicted molar refractivity (Wildman–Crippen MR) is 66.5 cm³/mol. The zero-order chi connectivity index (χ0) is 13.8. The van der Waals surface area contributed by atoms with Crippen LogP contribution >= 0.6 is 11.3 Å². The van der Waals surface area contributed by atoms with Crippen LogP contribution in [0.3, 0.4) is 0 Å². The molecular formula is C11H16N2O4S. The monoisotopic (exact) mass is 272 g/mol. The van der Waals surface area contributed by atoms with E-state index in [0.29, 0.717) is 4.88 Å². The number of carboxylic acids is 1. The maximum absolute atomic E-state index is 11.6. The van der Waals surface area contributed by atoms with E-state index in [2.05, 4.69) is 10.3 Å². The predicted octanol–water partition coefficient (Wildman–Crippen LogP) is 2.18. The highest BCUT2D eigenvalue weighted by Crippen LogP contribution is 2.21. The summed E-state index contributed by atoms with van der Waals surface area (Å²) in [6.45, 7) is 5.22. The smallest absolute Gasteiger partial charge is 0.408 e. The van der Waals surface area contributed by atoms with E-state index in [4.69, 9.17) is 9.84 Å². The Labute approximate surface area is 109 Å². The van der Waals surface area contributed by atoms with Crippen molar-refractivity contribution in [2.45, 2.75) is 38.8 Å². The Hall–Kier alpha value is -1.63. The van der Waals surface area contributed by atoms with Crippen molar-refractivity contribution in [2.24, 2.45) is 0 Å². The molecule has 0 radical (unpaired) electrons. The molecule has 1 atom stereocenters. The molecule has 1 rings (SSSR count). The minimum absolute atomic E-state index is 0.207. The number of alkyl carbamates (subject to hydrolysis) is 1. The summed E-state index contributed by atoms with van der Waals surface area (Å²) >= 11 is 1.29. The Morgan fingerprint density at radius 2 is 2.22 bits per heavy atom. The minimum Gasteiger partial charge on any atom is -0.481 e. The van der Waals surface area contributed by atoms with E-state index < -0.39 is 23.7 Å². The number of nitrogens with zero attached hydrogens (tertiary/aromatic N) is 1. The molecule has 0 spiro atoms. The van der Waals surface area contributed by atoms with Gasteiger partial charge in [0.2, 0.25) is 0 Å². The second-order valence-corrected chi connectivity index (χ2v) is 5.62. The first kappa shape index (κ1) is 14.4. The van der Waals surface area contributed by atoms with Crippen LogP contribution in [0, 0.1) is 0 Å². The van der Waals surface area contributed by atoms with E-state index >= 15 is 0 Å². The van der Waals surface area contributed by atoms with Gasteiger partial charge >= 0.3 is 12.1 Å². The number of hydrogen-bond donors (Lipinski definition) is 2. The minimum atomic E-state index is -0.996. The summed E-state index contributed by atoms with van der Waals surface area (Å²) in [5.74, 6) is -0.996. The lowest BCUT2D eigenvalue weighted by atomic mass is 10.2. The summed E-state index contributed by atoms with van der Waals surface area (Å²) in [6, 6.07) is -0.621. The molecule has 0 aliphatic rings. The summed E-state index contributed by atoms with van der Waals surface area (Å²) in [5, 5.41) is 11.4. The van der Waals surface area contributed by atoms with Crippen LogP contribution < -0.4 is 5.32 Å². The average molecular weight is 272 g/mol. The third-order valence-corrected chi connectivity index (χ3v) is 2.75. The zero-order valence-corrected chi connectivity index (χ0v) is 11.3. The number of rotatable bonds is 4. The third kappa shape index (κ3) is 5.13. The van der Waals surface area contributed by atoms with Gasteiger partial charge in [-0.3, -0.25) is 9.78 Å². The highest BCUT2D eigenvalue weighted by Gasteiger charge is 2.23. The summed E-state index contributed by atoms with van der Waals surface area (Å²) in [7, 11) is 0. The van der Waals surface area contributed by atoms with Gasteiger partial charge in [-0.05, 0) is 20.8 Å². The Morgan fingerprint density at radius 3 is 2.67 bits per heavy atom. The maximum atomic E-state index is 11.6. The van der Waals surface area contributed by atoms with Crippen LogP contribution in [0.4, 0.5) is 4.79 Å². The Bertz CT molecular complexity index is 411. The molecule has 2 N–H and O–H groups in total. The first-order chi connectivity index (χ1) is 8.28. The second-order valence-electron chi connectivity index (χ2n) is 4.70. The van der Waals surface area contributed by atoms with Gasteiger partial charge in [0.15, 0.2) is 0 Å². The number of amides is 1. The van der Waals surface area contributed by atoms with E-state index in [1.807, 2.05) is 0 Å². The largest absolute Gasteiger partial charge is 0.481 e. The van der Waals surface area contributed by atoms with Crippen LogP contribution in [0.1, 0.15) is 38.1 Å². The van der Waals surface area contributed by atoms with Crippen LogP contribution in [-0.4, -0.2) is 27.8 Å². The van der Waals surface area contributed by atoms with Crippen molar-refractivity contribution in [1.29, 1.82) is 0 Å². The van der Waals surface area contributed by atoms with Crippen LogP contribution in [0.25, 0.3) is 0 Å². The molecule has 0 fully saturated rings. The van der Waals surface area contributed by atoms with E-state index in [0.717, 1.165) is 0 Å². The first-order valence-electron chi connectivity index (χ1n) is 5.37. The van der Waals surface area contributed by atoms with E-state index in [1.54, 1.807) is 26.3 Å². The van der Waals surface area contributed by atoms with Crippen molar-refractivity contribution in [2.75, 3.05) is 0 Å². The molecule has 18 heavy (non-hydrogen) atoms. The van der Waals surface area contributed by atoms with Crippen molar-refractivity contribution >= 4 is 23.4 Å². The number of ether oxygens (including phenoxy) is 1. The summed E-state index contributed by atoms with van der Waals surface area (Å²) < 4.78 is 5.09. The number of aliphatic carboxylic acids is 1. The van der Waals surface area contributed by atoms with E-state index in [-0.39, 0.29) is 6.42 Å². The Morgan fingerprint density at radius 1 is 1.56 bits per heavy atom. The van der Waals surface area contributed by atoms with E-state index in [1.165, 1.54) is 17.5 Å². The first-order valence-corrected chi connectivity index (χ1v) is 6.25. The van der Waals surface area contributed by atoms with Crippen LogP contribution in [0.15, 0.2) is 11.7 Å². The number of carbonyl (C=O) groups is 2. The maximum Gasteiger partial charge on any atom is 0.408 e. The molecule has 7 heteroatoms. The molecular weight excluding hydrogens is 256 g/mol. The van der Waals surface area contributed by atoms with Gasteiger partial charge in [-0.1, -0.05) is 0 Å². The Kier molecular flexibility index (Phi) is 4.66. The summed E-state index contributed by atoms with van der Waals surface area (Å²) in [4.78, 5) is 26.9. The average Bonchev–Trinajstić information content (AvgIpc) is 2.64.